The standard InChI is InChI=1S/C13H14Cl2O/c14-12(11-7-3-1-4-8-11)9-5-2-6-10-13(15)16/h1,3-4,7-9H,2,5-6,10H2. The predicted molar refractivity (Wildman–Crippen MR) is 69.6 cm³/mol. The Kier molecular flexibility index (Phi) is 6.20. The lowest BCUT2D eigenvalue weighted by atomic mass is 10.1. The summed E-state index contributed by atoms with van der Waals surface area (Å²) in [6.45, 7) is 0. The van der Waals surface area contributed by atoms with Crippen molar-refractivity contribution in [3.8, 4) is 0 Å². The second kappa shape index (κ2) is 7.48. The van der Waals surface area contributed by atoms with Crippen LogP contribution in [0.25, 0.3) is 5.03 Å². The minimum Gasteiger partial charge on any atom is -0.281 e. The van der Waals surface area contributed by atoms with Gasteiger partial charge in [0.15, 0.2) is 0 Å². The Balaban J connectivity index is 2.32. The molecule has 0 bridgehead atoms. The van der Waals surface area contributed by atoms with E-state index in [1.165, 1.54) is 0 Å². The molecule has 86 valence electrons. The first kappa shape index (κ1) is 13.3. The van der Waals surface area contributed by atoms with Crippen molar-refractivity contribution in [1.82, 2.24) is 0 Å². The third-order valence-corrected chi connectivity index (χ3v) is 2.76. The van der Waals surface area contributed by atoms with Crippen LogP contribution in [-0.2, 0) is 4.79 Å². The average molecular weight is 257 g/mol. The Hall–Kier alpha value is -0.790. The van der Waals surface area contributed by atoms with Crippen LogP contribution in [0.3, 0.4) is 0 Å². The Morgan fingerprint density at radius 2 is 1.81 bits per heavy atom. The van der Waals surface area contributed by atoms with Gasteiger partial charge in [-0.05, 0) is 36.4 Å². The van der Waals surface area contributed by atoms with Crippen LogP contribution < -0.4 is 0 Å². The number of rotatable bonds is 6. The molecule has 0 N–H and O–H groups in total. The molecular weight excluding hydrogens is 243 g/mol. The molecule has 0 spiro atoms. The molecule has 0 heterocycles. The molecule has 0 aliphatic carbocycles. The molecule has 0 aromatic heterocycles. The van der Waals surface area contributed by atoms with E-state index >= 15 is 0 Å². The van der Waals surface area contributed by atoms with Gasteiger partial charge in [0.1, 0.15) is 0 Å². The Labute approximate surface area is 106 Å². The van der Waals surface area contributed by atoms with E-state index in [0.29, 0.717) is 6.42 Å². The van der Waals surface area contributed by atoms with Crippen LogP contribution in [0.15, 0.2) is 36.4 Å². The fourth-order valence-corrected chi connectivity index (χ4v) is 1.72. The maximum Gasteiger partial charge on any atom is 0.221 e. The first-order chi connectivity index (χ1) is 7.70. The molecule has 0 fully saturated rings. The van der Waals surface area contributed by atoms with Gasteiger partial charge in [-0.2, -0.15) is 0 Å². The molecule has 16 heavy (non-hydrogen) atoms. The Morgan fingerprint density at radius 3 is 2.44 bits per heavy atom. The highest BCUT2D eigenvalue weighted by atomic mass is 35.5. The van der Waals surface area contributed by atoms with Crippen LogP contribution in [0.2, 0.25) is 0 Å². The van der Waals surface area contributed by atoms with Crippen molar-refractivity contribution in [3.63, 3.8) is 0 Å². The first-order valence-electron chi connectivity index (χ1n) is 5.29. The van der Waals surface area contributed by atoms with E-state index in [0.717, 1.165) is 29.9 Å². The van der Waals surface area contributed by atoms with Gasteiger partial charge in [-0.3, -0.25) is 4.79 Å². The van der Waals surface area contributed by atoms with Gasteiger partial charge in [-0.15, -0.1) is 0 Å². The molecule has 1 rings (SSSR count). The van der Waals surface area contributed by atoms with Crippen LogP contribution in [0.5, 0.6) is 0 Å². The number of halogens is 2. The van der Waals surface area contributed by atoms with Crippen molar-refractivity contribution in [2.45, 2.75) is 25.7 Å². The van der Waals surface area contributed by atoms with Gasteiger partial charge < -0.3 is 0 Å². The maximum atomic E-state index is 10.5. The summed E-state index contributed by atoms with van der Waals surface area (Å²) >= 11 is 11.4. The molecule has 0 saturated heterocycles. The van der Waals surface area contributed by atoms with Crippen molar-refractivity contribution in [2.75, 3.05) is 0 Å². The van der Waals surface area contributed by atoms with Crippen LogP contribution in [0.4, 0.5) is 0 Å². The van der Waals surface area contributed by atoms with Gasteiger partial charge in [0, 0.05) is 11.5 Å². The van der Waals surface area contributed by atoms with E-state index in [1.807, 2.05) is 36.4 Å². The fourth-order valence-electron chi connectivity index (χ4n) is 1.35. The van der Waals surface area contributed by atoms with E-state index in [1.54, 1.807) is 0 Å². The fraction of sp³-hybridized carbons (Fsp3) is 0.308. The Bertz CT molecular complexity index is 357. The molecule has 0 aliphatic heterocycles. The highest BCUT2D eigenvalue weighted by Gasteiger charge is 1.97. The normalized spacial score (nSPS) is 11.5. The number of hydrogen-bond acceptors (Lipinski definition) is 1. The average Bonchev–Trinajstić information content (AvgIpc) is 2.29. The number of hydrogen-bond donors (Lipinski definition) is 0. The molecule has 1 nitrogen and oxygen atoms in total. The van der Waals surface area contributed by atoms with E-state index in [9.17, 15) is 4.79 Å². The SMILES string of the molecule is O=C(Cl)CCCCC=C(Cl)c1ccccc1. The second-order valence-electron chi connectivity index (χ2n) is 3.52. The molecule has 1 aromatic carbocycles. The number of allylic oxidation sites excluding steroid dienone is 1. The summed E-state index contributed by atoms with van der Waals surface area (Å²) in [7, 11) is 0. The smallest absolute Gasteiger partial charge is 0.221 e. The molecular formula is C13H14Cl2O. The second-order valence-corrected chi connectivity index (χ2v) is 4.35. The van der Waals surface area contributed by atoms with Crippen molar-refractivity contribution >= 4 is 33.5 Å². The highest BCUT2D eigenvalue weighted by molar-refractivity contribution is 6.63. The minimum atomic E-state index is -0.266. The monoisotopic (exact) mass is 256 g/mol. The van der Waals surface area contributed by atoms with Gasteiger partial charge in [0.2, 0.25) is 5.24 Å². The van der Waals surface area contributed by atoms with Gasteiger partial charge in [0.25, 0.3) is 0 Å². The van der Waals surface area contributed by atoms with Gasteiger partial charge in [-0.1, -0.05) is 48.0 Å². The summed E-state index contributed by atoms with van der Waals surface area (Å²) in [4.78, 5) is 10.5. The van der Waals surface area contributed by atoms with E-state index in [4.69, 9.17) is 23.2 Å². The minimum absolute atomic E-state index is 0.266. The largest absolute Gasteiger partial charge is 0.281 e. The van der Waals surface area contributed by atoms with Gasteiger partial charge in [0.05, 0.1) is 0 Å². The zero-order chi connectivity index (χ0) is 11.8. The van der Waals surface area contributed by atoms with Crippen molar-refractivity contribution in [3.05, 3.63) is 42.0 Å². The highest BCUT2D eigenvalue weighted by Crippen LogP contribution is 2.19. The van der Waals surface area contributed by atoms with Gasteiger partial charge in [-0.25, -0.2) is 0 Å². The van der Waals surface area contributed by atoms with Gasteiger partial charge >= 0.3 is 0 Å². The van der Waals surface area contributed by atoms with Crippen molar-refractivity contribution in [2.24, 2.45) is 0 Å². The molecule has 0 saturated carbocycles. The third kappa shape index (κ3) is 5.34. The molecule has 1 aromatic rings. The number of unbranched alkanes of at least 4 members (excludes halogenated alkanes) is 2. The summed E-state index contributed by atoms with van der Waals surface area (Å²) in [5.74, 6) is 0. The lowest BCUT2D eigenvalue weighted by molar-refractivity contribution is -0.111. The lowest BCUT2D eigenvalue weighted by Crippen LogP contribution is -1.85. The molecule has 0 atom stereocenters. The topological polar surface area (TPSA) is 17.1 Å². The summed E-state index contributed by atoms with van der Waals surface area (Å²) in [6, 6.07) is 9.82. The molecule has 0 amide bonds. The summed E-state index contributed by atoms with van der Waals surface area (Å²) in [5.41, 5.74) is 1.03. The van der Waals surface area contributed by atoms with Crippen LogP contribution in [0, 0.1) is 0 Å². The maximum absolute atomic E-state index is 10.5. The quantitative estimate of drug-likeness (QED) is 0.538. The van der Waals surface area contributed by atoms with Crippen LogP contribution in [-0.4, -0.2) is 5.24 Å². The third-order valence-electron chi connectivity index (χ3n) is 2.20. The number of carbonyl (C=O) groups excluding carboxylic acids is 1. The van der Waals surface area contributed by atoms with E-state index in [2.05, 4.69) is 0 Å². The summed E-state index contributed by atoms with van der Waals surface area (Å²) in [5, 5.41) is 0.496. The van der Waals surface area contributed by atoms with E-state index < -0.39 is 0 Å². The lowest BCUT2D eigenvalue weighted by Gasteiger charge is -1.99. The molecule has 0 aliphatic rings. The van der Waals surface area contributed by atoms with Crippen molar-refractivity contribution in [1.29, 1.82) is 0 Å². The zero-order valence-electron chi connectivity index (χ0n) is 8.96. The number of benzene rings is 1. The Morgan fingerprint density at radius 1 is 1.12 bits per heavy atom. The molecule has 0 unspecified atom stereocenters. The molecule has 0 radical (unpaired) electrons. The predicted octanol–water partition coefficient (Wildman–Crippen LogP) is 4.59. The molecule has 3 heteroatoms. The van der Waals surface area contributed by atoms with Crippen LogP contribution in [0.1, 0.15) is 31.2 Å². The summed E-state index contributed by atoms with van der Waals surface area (Å²) < 4.78 is 0. The van der Waals surface area contributed by atoms with Crippen molar-refractivity contribution < 1.29 is 4.79 Å². The summed E-state index contributed by atoms with van der Waals surface area (Å²) in [6.07, 6.45) is 5.05. The first-order valence-corrected chi connectivity index (χ1v) is 6.05. The van der Waals surface area contributed by atoms with Crippen LogP contribution >= 0.6 is 23.2 Å². The van der Waals surface area contributed by atoms with E-state index in [-0.39, 0.29) is 5.24 Å². The zero-order valence-corrected chi connectivity index (χ0v) is 10.5. The number of carbonyl (C=O) groups is 1.